The molecule has 3 aromatic rings. The number of hydrogen-bond donors (Lipinski definition) is 0. The van der Waals surface area contributed by atoms with Crippen LogP contribution in [0.15, 0.2) is 60.0 Å². The van der Waals surface area contributed by atoms with Crippen LogP contribution in [0, 0.1) is 5.82 Å². The fourth-order valence-corrected chi connectivity index (χ4v) is 5.16. The second kappa shape index (κ2) is 10.9. The van der Waals surface area contributed by atoms with Gasteiger partial charge in [-0.3, -0.25) is 9.59 Å². The van der Waals surface area contributed by atoms with Crippen LogP contribution in [0.4, 0.5) is 4.39 Å². The monoisotopic (exact) mass is 496 g/mol. The molecule has 0 bridgehead atoms. The van der Waals surface area contributed by atoms with E-state index in [1.807, 2.05) is 25.3 Å². The Kier molecular flexibility index (Phi) is 7.70. The van der Waals surface area contributed by atoms with E-state index >= 15 is 0 Å². The average Bonchev–Trinajstić information content (AvgIpc) is 3.35. The molecule has 0 spiro atoms. The highest BCUT2D eigenvalue weighted by molar-refractivity contribution is 7.10. The third kappa shape index (κ3) is 5.65. The van der Waals surface area contributed by atoms with Crippen LogP contribution < -0.4 is 9.47 Å². The summed E-state index contributed by atoms with van der Waals surface area (Å²) in [7, 11) is 1.55. The molecule has 4 rings (SSSR count). The van der Waals surface area contributed by atoms with Crippen LogP contribution in [0.5, 0.6) is 11.5 Å². The third-order valence-corrected chi connectivity index (χ3v) is 7.14. The summed E-state index contributed by atoms with van der Waals surface area (Å²) in [5.41, 5.74) is 1.53. The summed E-state index contributed by atoms with van der Waals surface area (Å²) in [6, 6.07) is 14.4. The average molecular weight is 497 g/mol. The van der Waals surface area contributed by atoms with Crippen molar-refractivity contribution in [2.75, 3.05) is 26.8 Å². The van der Waals surface area contributed by atoms with E-state index in [9.17, 15) is 14.0 Å². The van der Waals surface area contributed by atoms with Crippen LogP contribution in [0.1, 0.15) is 40.7 Å². The SMILES string of the molecule is COc1cccc(C(=O)N(CC(=O)N2CCc3sccc3C2COc2ccc(F)cc2)C(C)C)c1. The molecule has 0 N–H and O–H groups in total. The molecule has 0 fully saturated rings. The predicted octanol–water partition coefficient (Wildman–Crippen LogP) is 4.95. The van der Waals surface area contributed by atoms with Crippen LogP contribution in [0.3, 0.4) is 0 Å². The Labute approximate surface area is 208 Å². The number of methoxy groups -OCH3 is 1. The van der Waals surface area contributed by atoms with Crippen LogP contribution in [0.2, 0.25) is 0 Å². The lowest BCUT2D eigenvalue weighted by Crippen LogP contribution is -2.49. The molecular formula is C27H29FN2O4S. The summed E-state index contributed by atoms with van der Waals surface area (Å²) >= 11 is 1.67. The molecule has 1 unspecified atom stereocenters. The molecule has 1 atom stereocenters. The number of rotatable bonds is 8. The van der Waals surface area contributed by atoms with Gasteiger partial charge in [-0.1, -0.05) is 6.07 Å². The number of nitrogens with zero attached hydrogens (tertiary/aromatic N) is 2. The molecule has 2 heterocycles. The first-order chi connectivity index (χ1) is 16.9. The van der Waals surface area contributed by atoms with Gasteiger partial charge in [0, 0.05) is 23.0 Å². The molecule has 2 amide bonds. The highest BCUT2D eigenvalue weighted by Gasteiger charge is 2.34. The number of hydrogen-bond acceptors (Lipinski definition) is 5. The molecule has 0 radical (unpaired) electrons. The lowest BCUT2D eigenvalue weighted by molar-refractivity contribution is -0.136. The summed E-state index contributed by atoms with van der Waals surface area (Å²) in [4.78, 5) is 31.5. The van der Waals surface area contributed by atoms with Crippen molar-refractivity contribution in [2.24, 2.45) is 0 Å². The fraction of sp³-hybridized carbons (Fsp3) is 0.333. The zero-order chi connectivity index (χ0) is 24.9. The summed E-state index contributed by atoms with van der Waals surface area (Å²) in [5.74, 6) is 0.434. The molecule has 0 saturated heterocycles. The number of amides is 2. The normalized spacial score (nSPS) is 15.0. The van der Waals surface area contributed by atoms with E-state index in [2.05, 4.69) is 0 Å². The molecule has 35 heavy (non-hydrogen) atoms. The van der Waals surface area contributed by atoms with Crippen LogP contribution in [-0.4, -0.2) is 54.5 Å². The minimum Gasteiger partial charge on any atom is -0.497 e. The van der Waals surface area contributed by atoms with Crippen LogP contribution in [0.25, 0.3) is 0 Å². The minimum absolute atomic E-state index is 0.0414. The van der Waals surface area contributed by atoms with Gasteiger partial charge in [0.25, 0.3) is 5.91 Å². The fourth-order valence-electron chi connectivity index (χ4n) is 4.23. The predicted molar refractivity (Wildman–Crippen MR) is 134 cm³/mol. The first-order valence-corrected chi connectivity index (χ1v) is 12.4. The zero-order valence-corrected chi connectivity index (χ0v) is 20.9. The molecule has 1 aliphatic rings. The molecule has 184 valence electrons. The first-order valence-electron chi connectivity index (χ1n) is 11.6. The second-order valence-electron chi connectivity index (χ2n) is 8.68. The van der Waals surface area contributed by atoms with Crippen molar-refractivity contribution >= 4 is 23.2 Å². The van der Waals surface area contributed by atoms with Gasteiger partial charge in [-0.25, -0.2) is 4.39 Å². The molecule has 0 saturated carbocycles. The van der Waals surface area contributed by atoms with Crippen molar-refractivity contribution in [1.29, 1.82) is 0 Å². The number of carbonyl (C=O) groups excluding carboxylic acids is 2. The second-order valence-corrected chi connectivity index (χ2v) is 9.68. The van der Waals surface area contributed by atoms with E-state index in [1.165, 1.54) is 17.0 Å². The van der Waals surface area contributed by atoms with Crippen molar-refractivity contribution < 1.29 is 23.5 Å². The molecular weight excluding hydrogens is 467 g/mol. The Morgan fingerprint density at radius 2 is 1.91 bits per heavy atom. The molecule has 1 aliphatic heterocycles. The lowest BCUT2D eigenvalue weighted by atomic mass is 10.00. The Morgan fingerprint density at radius 3 is 2.63 bits per heavy atom. The zero-order valence-electron chi connectivity index (χ0n) is 20.1. The van der Waals surface area contributed by atoms with Gasteiger partial charge in [0.05, 0.1) is 13.2 Å². The van der Waals surface area contributed by atoms with Gasteiger partial charge in [-0.2, -0.15) is 0 Å². The van der Waals surface area contributed by atoms with E-state index in [1.54, 1.807) is 64.6 Å². The number of ether oxygens (including phenoxy) is 2. The van der Waals surface area contributed by atoms with Gasteiger partial charge in [0.15, 0.2) is 0 Å². The summed E-state index contributed by atoms with van der Waals surface area (Å²) in [5, 5.41) is 2.02. The summed E-state index contributed by atoms with van der Waals surface area (Å²) in [6.45, 7) is 4.54. The van der Waals surface area contributed by atoms with E-state index in [-0.39, 0.29) is 42.9 Å². The number of carbonyl (C=O) groups is 2. The largest absolute Gasteiger partial charge is 0.497 e. The minimum atomic E-state index is -0.332. The smallest absolute Gasteiger partial charge is 0.254 e. The van der Waals surface area contributed by atoms with E-state index in [0.717, 1.165) is 12.0 Å². The lowest BCUT2D eigenvalue weighted by Gasteiger charge is -2.37. The van der Waals surface area contributed by atoms with Crippen molar-refractivity contribution in [2.45, 2.75) is 32.4 Å². The molecule has 1 aromatic heterocycles. The van der Waals surface area contributed by atoms with Crippen molar-refractivity contribution in [1.82, 2.24) is 9.80 Å². The summed E-state index contributed by atoms with van der Waals surface area (Å²) < 4.78 is 24.5. The van der Waals surface area contributed by atoms with Gasteiger partial charge in [-0.05, 0) is 79.7 Å². The third-order valence-electron chi connectivity index (χ3n) is 6.14. The first kappa shape index (κ1) is 24.7. The summed E-state index contributed by atoms with van der Waals surface area (Å²) in [6.07, 6.45) is 0.761. The van der Waals surface area contributed by atoms with E-state index in [0.29, 0.717) is 23.6 Å². The van der Waals surface area contributed by atoms with Gasteiger partial charge in [-0.15, -0.1) is 11.3 Å². The van der Waals surface area contributed by atoms with Gasteiger partial charge in [0.1, 0.15) is 30.5 Å². The highest BCUT2D eigenvalue weighted by Crippen LogP contribution is 2.34. The maximum atomic E-state index is 13.6. The topological polar surface area (TPSA) is 59.1 Å². The molecule has 6 nitrogen and oxygen atoms in total. The number of thiophene rings is 1. The molecule has 2 aromatic carbocycles. The van der Waals surface area contributed by atoms with Crippen LogP contribution >= 0.6 is 11.3 Å². The Balaban J connectivity index is 1.53. The van der Waals surface area contributed by atoms with Crippen molar-refractivity contribution in [3.05, 3.63) is 81.8 Å². The number of fused-ring (bicyclic) bond motifs is 1. The van der Waals surface area contributed by atoms with E-state index < -0.39 is 0 Å². The van der Waals surface area contributed by atoms with Gasteiger partial charge >= 0.3 is 0 Å². The highest BCUT2D eigenvalue weighted by atomic mass is 32.1. The Bertz CT molecular complexity index is 1180. The Morgan fingerprint density at radius 1 is 1.14 bits per heavy atom. The maximum Gasteiger partial charge on any atom is 0.254 e. The Hall–Kier alpha value is -3.39. The van der Waals surface area contributed by atoms with Gasteiger partial charge < -0.3 is 19.3 Å². The van der Waals surface area contributed by atoms with E-state index in [4.69, 9.17) is 9.47 Å². The quantitative estimate of drug-likeness (QED) is 0.443. The number of benzene rings is 2. The van der Waals surface area contributed by atoms with Gasteiger partial charge in [0.2, 0.25) is 5.91 Å². The van der Waals surface area contributed by atoms with Crippen molar-refractivity contribution in [3.63, 3.8) is 0 Å². The molecule has 0 aliphatic carbocycles. The van der Waals surface area contributed by atoms with Crippen LogP contribution in [-0.2, 0) is 11.2 Å². The maximum absolute atomic E-state index is 13.6. The number of halogens is 1. The standard InChI is InChI=1S/C27H29FN2O4S/c1-18(2)30(27(32)19-5-4-6-22(15-19)33-3)16-26(31)29-13-11-25-23(12-14-35-25)24(29)17-34-21-9-7-20(28)8-10-21/h4-10,12,14-15,18,24H,11,13,16-17H2,1-3H3. The van der Waals surface area contributed by atoms with Crippen molar-refractivity contribution in [3.8, 4) is 11.5 Å². The molecule has 8 heteroatoms.